The summed E-state index contributed by atoms with van der Waals surface area (Å²) >= 11 is 1.36. The van der Waals surface area contributed by atoms with Crippen molar-refractivity contribution in [2.75, 3.05) is 6.54 Å². The zero-order chi connectivity index (χ0) is 13.1. The maximum Gasteiger partial charge on any atom is 0.141 e. The Morgan fingerprint density at radius 1 is 1.17 bits per heavy atom. The van der Waals surface area contributed by atoms with E-state index in [9.17, 15) is 8.78 Å². The summed E-state index contributed by atoms with van der Waals surface area (Å²) in [4.78, 5) is 1.05. The SMILES string of the molecule is CCCNCc1sc2c(F)ccc(F)c2c1CC. The molecule has 2 aromatic rings. The maximum atomic E-state index is 13.8. The summed E-state index contributed by atoms with van der Waals surface area (Å²) in [6, 6.07) is 2.42. The molecule has 0 atom stereocenters. The minimum Gasteiger partial charge on any atom is -0.312 e. The van der Waals surface area contributed by atoms with Gasteiger partial charge in [-0.1, -0.05) is 13.8 Å². The fraction of sp³-hybridized carbons (Fsp3) is 0.429. The summed E-state index contributed by atoms with van der Waals surface area (Å²) in [6.07, 6.45) is 1.78. The molecule has 2 rings (SSSR count). The van der Waals surface area contributed by atoms with Crippen molar-refractivity contribution < 1.29 is 8.78 Å². The third-order valence-electron chi connectivity index (χ3n) is 2.99. The van der Waals surface area contributed by atoms with Gasteiger partial charge in [0.05, 0.1) is 4.70 Å². The highest BCUT2D eigenvalue weighted by Gasteiger charge is 2.16. The van der Waals surface area contributed by atoms with Gasteiger partial charge in [0.1, 0.15) is 11.6 Å². The van der Waals surface area contributed by atoms with Gasteiger partial charge in [0, 0.05) is 16.8 Å². The zero-order valence-electron chi connectivity index (χ0n) is 10.6. The fourth-order valence-corrected chi connectivity index (χ4v) is 3.41. The lowest BCUT2D eigenvalue weighted by Crippen LogP contribution is -2.13. The first-order valence-electron chi connectivity index (χ1n) is 6.28. The van der Waals surface area contributed by atoms with Crippen molar-refractivity contribution in [1.82, 2.24) is 5.32 Å². The molecular weight excluding hydrogens is 252 g/mol. The molecule has 1 nitrogen and oxygen atoms in total. The van der Waals surface area contributed by atoms with Gasteiger partial charge in [-0.2, -0.15) is 0 Å². The molecule has 0 bridgehead atoms. The van der Waals surface area contributed by atoms with E-state index < -0.39 is 0 Å². The molecular formula is C14H17F2NS. The highest BCUT2D eigenvalue weighted by Crippen LogP contribution is 2.35. The first kappa shape index (κ1) is 13.4. The normalized spacial score (nSPS) is 11.3. The molecule has 18 heavy (non-hydrogen) atoms. The van der Waals surface area contributed by atoms with Crippen LogP contribution in [0.3, 0.4) is 0 Å². The molecule has 0 saturated carbocycles. The van der Waals surface area contributed by atoms with Crippen LogP contribution in [0.5, 0.6) is 0 Å². The molecule has 0 aliphatic rings. The molecule has 0 radical (unpaired) electrons. The average Bonchev–Trinajstić information content (AvgIpc) is 2.74. The van der Waals surface area contributed by atoms with E-state index >= 15 is 0 Å². The number of aryl methyl sites for hydroxylation is 1. The second kappa shape index (κ2) is 5.76. The van der Waals surface area contributed by atoms with E-state index in [1.165, 1.54) is 23.5 Å². The molecule has 0 saturated heterocycles. The smallest absolute Gasteiger partial charge is 0.141 e. The highest BCUT2D eigenvalue weighted by atomic mass is 32.1. The van der Waals surface area contributed by atoms with Crippen molar-refractivity contribution in [1.29, 1.82) is 0 Å². The van der Waals surface area contributed by atoms with Gasteiger partial charge in [-0.25, -0.2) is 8.78 Å². The number of hydrogen-bond donors (Lipinski definition) is 1. The Balaban J connectivity index is 2.47. The largest absolute Gasteiger partial charge is 0.312 e. The van der Waals surface area contributed by atoms with Crippen LogP contribution in [-0.2, 0) is 13.0 Å². The van der Waals surface area contributed by atoms with Crippen LogP contribution >= 0.6 is 11.3 Å². The van der Waals surface area contributed by atoms with Crippen LogP contribution in [0.15, 0.2) is 12.1 Å². The summed E-state index contributed by atoms with van der Waals surface area (Å²) in [5.41, 5.74) is 0.940. The first-order valence-corrected chi connectivity index (χ1v) is 7.09. The van der Waals surface area contributed by atoms with Gasteiger partial charge in [-0.3, -0.25) is 0 Å². The number of thiophene rings is 1. The van der Waals surface area contributed by atoms with E-state index in [1.807, 2.05) is 6.92 Å². The summed E-state index contributed by atoms with van der Waals surface area (Å²) in [7, 11) is 0. The number of rotatable bonds is 5. The minimum absolute atomic E-state index is 0.318. The number of benzene rings is 1. The van der Waals surface area contributed by atoms with E-state index in [0.717, 1.165) is 29.8 Å². The van der Waals surface area contributed by atoms with Gasteiger partial charge in [0.2, 0.25) is 0 Å². The third-order valence-corrected chi connectivity index (χ3v) is 4.23. The first-order chi connectivity index (χ1) is 8.69. The molecule has 98 valence electrons. The molecule has 0 amide bonds. The summed E-state index contributed by atoms with van der Waals surface area (Å²) < 4.78 is 28.0. The van der Waals surface area contributed by atoms with Crippen LogP contribution in [0.25, 0.3) is 10.1 Å². The number of hydrogen-bond acceptors (Lipinski definition) is 2. The van der Waals surface area contributed by atoms with E-state index in [2.05, 4.69) is 12.2 Å². The number of halogens is 2. The van der Waals surface area contributed by atoms with Gasteiger partial charge < -0.3 is 5.32 Å². The van der Waals surface area contributed by atoms with Gasteiger partial charge in [-0.15, -0.1) is 11.3 Å². The van der Waals surface area contributed by atoms with Crippen molar-refractivity contribution in [3.63, 3.8) is 0 Å². The summed E-state index contributed by atoms with van der Waals surface area (Å²) in [6.45, 7) is 5.69. The highest BCUT2D eigenvalue weighted by molar-refractivity contribution is 7.19. The molecule has 1 heterocycles. The lowest BCUT2D eigenvalue weighted by Gasteiger charge is -2.03. The van der Waals surface area contributed by atoms with Gasteiger partial charge in [0.15, 0.2) is 0 Å². The molecule has 4 heteroatoms. The van der Waals surface area contributed by atoms with Crippen LogP contribution in [0.1, 0.15) is 30.7 Å². The van der Waals surface area contributed by atoms with Crippen LogP contribution < -0.4 is 5.32 Å². The standard InChI is InChI=1S/C14H17F2NS/c1-3-7-17-8-12-9(4-2)13-10(15)5-6-11(16)14(13)18-12/h5-6,17H,3-4,7-8H2,1-2H3. The van der Waals surface area contributed by atoms with E-state index in [1.54, 1.807) is 0 Å². The lowest BCUT2D eigenvalue weighted by molar-refractivity contribution is 0.618. The second-order valence-corrected chi connectivity index (χ2v) is 5.37. The Hall–Kier alpha value is -1.00. The Morgan fingerprint density at radius 3 is 2.56 bits per heavy atom. The number of fused-ring (bicyclic) bond motifs is 1. The molecule has 0 fully saturated rings. The van der Waals surface area contributed by atoms with Gasteiger partial charge >= 0.3 is 0 Å². The van der Waals surface area contributed by atoms with Crippen LogP contribution in [0, 0.1) is 11.6 Å². The van der Waals surface area contributed by atoms with Crippen molar-refractivity contribution in [2.24, 2.45) is 0 Å². The second-order valence-electron chi connectivity index (χ2n) is 4.27. The van der Waals surface area contributed by atoms with E-state index in [0.29, 0.717) is 16.6 Å². The number of nitrogens with one attached hydrogen (secondary N) is 1. The average molecular weight is 269 g/mol. The molecule has 1 aromatic carbocycles. The fourth-order valence-electron chi connectivity index (χ4n) is 2.13. The van der Waals surface area contributed by atoms with E-state index in [-0.39, 0.29) is 11.6 Å². The van der Waals surface area contributed by atoms with Crippen molar-refractivity contribution >= 4 is 21.4 Å². The van der Waals surface area contributed by atoms with Crippen LogP contribution in [-0.4, -0.2) is 6.54 Å². The van der Waals surface area contributed by atoms with Gasteiger partial charge in [0.25, 0.3) is 0 Å². The molecule has 0 aliphatic heterocycles. The van der Waals surface area contributed by atoms with Crippen molar-refractivity contribution in [3.8, 4) is 0 Å². The minimum atomic E-state index is -0.326. The molecule has 0 unspecified atom stereocenters. The summed E-state index contributed by atoms with van der Waals surface area (Å²) in [5, 5.41) is 3.76. The lowest BCUT2D eigenvalue weighted by atomic mass is 10.1. The quantitative estimate of drug-likeness (QED) is 0.800. The molecule has 0 spiro atoms. The van der Waals surface area contributed by atoms with E-state index in [4.69, 9.17) is 0 Å². The Labute approximate surface area is 110 Å². The van der Waals surface area contributed by atoms with Gasteiger partial charge in [-0.05, 0) is 37.1 Å². The third kappa shape index (κ3) is 2.40. The predicted molar refractivity (Wildman–Crippen MR) is 73.1 cm³/mol. The predicted octanol–water partition coefficient (Wildman–Crippen LogP) is 4.24. The van der Waals surface area contributed by atoms with Crippen LogP contribution in [0.2, 0.25) is 0 Å². The molecule has 1 aromatic heterocycles. The molecule has 1 N–H and O–H groups in total. The topological polar surface area (TPSA) is 12.0 Å². The van der Waals surface area contributed by atoms with Crippen LogP contribution in [0.4, 0.5) is 8.78 Å². The Kier molecular flexibility index (Phi) is 4.30. The Bertz CT molecular complexity index is 548. The monoisotopic (exact) mass is 269 g/mol. The zero-order valence-corrected chi connectivity index (χ0v) is 11.5. The van der Waals surface area contributed by atoms with Crippen molar-refractivity contribution in [3.05, 3.63) is 34.2 Å². The maximum absolute atomic E-state index is 13.8. The van der Waals surface area contributed by atoms with Crippen molar-refractivity contribution in [2.45, 2.75) is 33.2 Å². The summed E-state index contributed by atoms with van der Waals surface area (Å²) in [5.74, 6) is -0.644. The molecule has 0 aliphatic carbocycles. The Morgan fingerprint density at radius 2 is 1.89 bits per heavy atom.